The second kappa shape index (κ2) is 4.01. The summed E-state index contributed by atoms with van der Waals surface area (Å²) >= 11 is 0. The molecule has 1 saturated carbocycles. The first-order valence-electron chi connectivity index (χ1n) is 6.01. The summed E-state index contributed by atoms with van der Waals surface area (Å²) < 4.78 is 7.18. The molecule has 4 nitrogen and oxygen atoms in total. The average Bonchev–Trinajstić information content (AvgIpc) is 3.01. The maximum atomic E-state index is 11.8. The van der Waals surface area contributed by atoms with Gasteiger partial charge in [0.1, 0.15) is 0 Å². The summed E-state index contributed by atoms with van der Waals surface area (Å²) in [5.41, 5.74) is 1.03. The zero-order valence-electron chi connectivity index (χ0n) is 9.26. The molecule has 4 heteroatoms. The van der Waals surface area contributed by atoms with Crippen LogP contribution < -0.4 is 5.56 Å². The predicted octanol–water partition coefficient (Wildman–Crippen LogP) is 1.30. The lowest BCUT2D eigenvalue weighted by Gasteiger charge is -2.11. The topological polar surface area (TPSA) is 44.1 Å². The molecule has 0 spiro atoms. The van der Waals surface area contributed by atoms with E-state index >= 15 is 0 Å². The van der Waals surface area contributed by atoms with Gasteiger partial charge in [-0.05, 0) is 25.7 Å². The van der Waals surface area contributed by atoms with Crippen molar-refractivity contribution in [2.45, 2.75) is 44.2 Å². The minimum Gasteiger partial charge on any atom is -0.376 e. The minimum atomic E-state index is 0.0624. The molecule has 0 unspecified atom stereocenters. The number of nitrogens with zero attached hydrogens (tertiary/aromatic N) is 2. The lowest BCUT2D eigenvalue weighted by atomic mass is 10.2. The minimum absolute atomic E-state index is 0.0624. The van der Waals surface area contributed by atoms with Crippen molar-refractivity contribution in [3.8, 4) is 0 Å². The van der Waals surface area contributed by atoms with E-state index in [9.17, 15) is 4.79 Å². The van der Waals surface area contributed by atoms with Crippen molar-refractivity contribution in [3.63, 3.8) is 0 Å². The van der Waals surface area contributed by atoms with Gasteiger partial charge in [-0.15, -0.1) is 0 Å². The molecular formula is C12H16N2O2. The van der Waals surface area contributed by atoms with Gasteiger partial charge < -0.3 is 4.74 Å². The van der Waals surface area contributed by atoms with Gasteiger partial charge in [-0.25, -0.2) is 4.98 Å². The molecule has 3 rings (SSSR count). The van der Waals surface area contributed by atoms with E-state index in [4.69, 9.17) is 4.74 Å². The van der Waals surface area contributed by atoms with Crippen LogP contribution in [-0.4, -0.2) is 22.3 Å². The molecule has 2 fully saturated rings. The second-order valence-electron chi connectivity index (χ2n) is 4.71. The lowest BCUT2D eigenvalue weighted by Crippen LogP contribution is -2.26. The maximum Gasteiger partial charge on any atom is 0.253 e. The summed E-state index contributed by atoms with van der Waals surface area (Å²) in [6.07, 6.45) is 6.40. The van der Waals surface area contributed by atoms with Crippen LogP contribution in [0.4, 0.5) is 0 Å². The van der Waals surface area contributed by atoms with Crippen molar-refractivity contribution in [2.75, 3.05) is 6.61 Å². The Hall–Kier alpha value is -1.16. The van der Waals surface area contributed by atoms with E-state index in [1.165, 1.54) is 12.8 Å². The number of aromatic nitrogens is 2. The number of rotatable bonds is 3. The molecular weight excluding hydrogens is 204 g/mol. The van der Waals surface area contributed by atoms with E-state index in [-0.39, 0.29) is 11.7 Å². The van der Waals surface area contributed by atoms with Crippen LogP contribution in [0.1, 0.15) is 37.3 Å². The summed E-state index contributed by atoms with van der Waals surface area (Å²) in [6, 6.07) is 1.69. The van der Waals surface area contributed by atoms with Crippen LogP contribution in [-0.2, 0) is 11.3 Å². The standard InChI is InChI=1S/C12H16N2O2/c15-12-6-11(9-3-4-9)13-8-14(12)7-10-2-1-5-16-10/h6,8-10H,1-5,7H2/t10-/m1/s1. The van der Waals surface area contributed by atoms with Crippen molar-refractivity contribution in [1.82, 2.24) is 9.55 Å². The van der Waals surface area contributed by atoms with Crippen LogP contribution in [0.15, 0.2) is 17.2 Å². The maximum absolute atomic E-state index is 11.8. The third-order valence-electron chi connectivity index (χ3n) is 3.32. The van der Waals surface area contributed by atoms with Gasteiger partial charge in [-0.1, -0.05) is 0 Å². The highest BCUT2D eigenvalue weighted by molar-refractivity contribution is 5.12. The molecule has 1 atom stereocenters. The van der Waals surface area contributed by atoms with E-state index in [2.05, 4.69) is 4.98 Å². The third-order valence-corrected chi connectivity index (χ3v) is 3.32. The summed E-state index contributed by atoms with van der Waals surface area (Å²) in [5.74, 6) is 0.546. The Labute approximate surface area is 94.3 Å². The molecule has 1 aromatic heterocycles. The Morgan fingerprint density at radius 3 is 2.94 bits per heavy atom. The predicted molar refractivity (Wildman–Crippen MR) is 59.4 cm³/mol. The van der Waals surface area contributed by atoms with E-state index in [0.717, 1.165) is 25.1 Å². The molecule has 1 saturated heterocycles. The van der Waals surface area contributed by atoms with Gasteiger partial charge in [-0.3, -0.25) is 9.36 Å². The van der Waals surface area contributed by atoms with Crippen molar-refractivity contribution >= 4 is 0 Å². The van der Waals surface area contributed by atoms with Gasteiger partial charge in [0.15, 0.2) is 0 Å². The van der Waals surface area contributed by atoms with Crippen LogP contribution in [0.2, 0.25) is 0 Å². The summed E-state index contributed by atoms with van der Waals surface area (Å²) in [7, 11) is 0. The highest BCUT2D eigenvalue weighted by atomic mass is 16.5. The number of ether oxygens (including phenoxy) is 1. The van der Waals surface area contributed by atoms with Crippen LogP contribution in [0.3, 0.4) is 0 Å². The zero-order chi connectivity index (χ0) is 11.0. The first-order chi connectivity index (χ1) is 7.83. The Bertz CT molecular complexity index is 431. The van der Waals surface area contributed by atoms with E-state index in [1.807, 2.05) is 0 Å². The first-order valence-corrected chi connectivity index (χ1v) is 6.01. The van der Waals surface area contributed by atoms with Gasteiger partial charge in [-0.2, -0.15) is 0 Å². The van der Waals surface area contributed by atoms with Crippen LogP contribution in [0.5, 0.6) is 0 Å². The molecule has 86 valence electrons. The largest absolute Gasteiger partial charge is 0.376 e. The van der Waals surface area contributed by atoms with Crippen molar-refractivity contribution < 1.29 is 4.74 Å². The molecule has 0 N–H and O–H groups in total. The van der Waals surface area contributed by atoms with Crippen LogP contribution in [0, 0.1) is 0 Å². The third kappa shape index (κ3) is 2.02. The van der Waals surface area contributed by atoms with Crippen molar-refractivity contribution in [1.29, 1.82) is 0 Å². The fourth-order valence-electron chi connectivity index (χ4n) is 2.19. The van der Waals surface area contributed by atoms with Gasteiger partial charge in [0.05, 0.1) is 24.7 Å². The Balaban J connectivity index is 1.76. The molecule has 1 aromatic rings. The smallest absolute Gasteiger partial charge is 0.253 e. The fraction of sp³-hybridized carbons (Fsp3) is 0.667. The highest BCUT2D eigenvalue weighted by Gasteiger charge is 2.25. The fourth-order valence-corrected chi connectivity index (χ4v) is 2.19. The molecule has 0 bridgehead atoms. The second-order valence-corrected chi connectivity index (χ2v) is 4.71. The Kier molecular flexibility index (Phi) is 2.52. The molecule has 0 aromatic carbocycles. The van der Waals surface area contributed by atoms with E-state index < -0.39 is 0 Å². The van der Waals surface area contributed by atoms with Crippen molar-refractivity contribution in [2.24, 2.45) is 0 Å². The SMILES string of the molecule is O=c1cc(C2CC2)ncn1C[C@H]1CCCO1. The van der Waals surface area contributed by atoms with Gasteiger partial charge in [0.25, 0.3) is 5.56 Å². The molecule has 1 aliphatic heterocycles. The van der Waals surface area contributed by atoms with Crippen LogP contribution >= 0.6 is 0 Å². The molecule has 16 heavy (non-hydrogen) atoms. The van der Waals surface area contributed by atoms with Gasteiger partial charge in [0.2, 0.25) is 0 Å². The molecule has 0 amide bonds. The molecule has 1 aliphatic carbocycles. The molecule has 0 radical (unpaired) electrons. The monoisotopic (exact) mass is 220 g/mol. The quantitative estimate of drug-likeness (QED) is 0.771. The summed E-state index contributed by atoms with van der Waals surface area (Å²) in [6.45, 7) is 1.48. The molecule has 2 aliphatic rings. The number of hydrogen-bond acceptors (Lipinski definition) is 3. The Morgan fingerprint density at radius 1 is 1.44 bits per heavy atom. The van der Waals surface area contributed by atoms with Crippen molar-refractivity contribution in [3.05, 3.63) is 28.4 Å². The van der Waals surface area contributed by atoms with Gasteiger partial charge in [0, 0.05) is 18.6 Å². The first kappa shape index (κ1) is 10.0. The highest BCUT2D eigenvalue weighted by Crippen LogP contribution is 2.38. The Morgan fingerprint density at radius 2 is 2.31 bits per heavy atom. The lowest BCUT2D eigenvalue weighted by molar-refractivity contribution is 0.0958. The summed E-state index contributed by atoms with van der Waals surface area (Å²) in [4.78, 5) is 16.2. The van der Waals surface area contributed by atoms with E-state index in [1.54, 1.807) is 17.0 Å². The molecule has 2 heterocycles. The summed E-state index contributed by atoms with van der Waals surface area (Å²) in [5, 5.41) is 0. The van der Waals surface area contributed by atoms with E-state index in [0.29, 0.717) is 12.5 Å². The normalized spacial score (nSPS) is 24.9. The zero-order valence-corrected chi connectivity index (χ0v) is 9.26. The average molecular weight is 220 g/mol. The van der Waals surface area contributed by atoms with Crippen LogP contribution in [0.25, 0.3) is 0 Å². The number of hydrogen-bond donors (Lipinski definition) is 0. The van der Waals surface area contributed by atoms with Gasteiger partial charge >= 0.3 is 0 Å².